The third kappa shape index (κ3) is 4.62. The number of aliphatic imine (C=N–C) groups is 1. The molecular formula is C27H24F2N6O2. The molecule has 37 heavy (non-hydrogen) atoms. The fraction of sp³-hybridized carbons (Fsp3) is 0.259. The molecule has 0 saturated carbocycles. The van der Waals surface area contributed by atoms with Gasteiger partial charge in [0.2, 0.25) is 5.95 Å². The summed E-state index contributed by atoms with van der Waals surface area (Å²) < 4.78 is 32.3. The molecule has 1 N–H and O–H groups in total. The van der Waals surface area contributed by atoms with Crippen LogP contribution in [0.5, 0.6) is 0 Å². The second kappa shape index (κ2) is 9.61. The van der Waals surface area contributed by atoms with Gasteiger partial charge < -0.3 is 15.0 Å². The summed E-state index contributed by atoms with van der Waals surface area (Å²) in [5.74, 6) is -0.353. The van der Waals surface area contributed by atoms with Crippen LogP contribution < -0.4 is 5.32 Å². The molecule has 1 aromatic heterocycles. The summed E-state index contributed by atoms with van der Waals surface area (Å²) >= 11 is 0. The van der Waals surface area contributed by atoms with Gasteiger partial charge in [-0.25, -0.2) is 23.7 Å². The number of benzene rings is 2. The van der Waals surface area contributed by atoms with Crippen LogP contribution in [0.15, 0.2) is 78.2 Å². The summed E-state index contributed by atoms with van der Waals surface area (Å²) in [6.07, 6.45) is 6.75. The molecule has 6 rings (SSSR count). The third-order valence-electron chi connectivity index (χ3n) is 6.79. The number of fused-ring (bicyclic) bond motifs is 1. The second-order valence-corrected chi connectivity index (χ2v) is 9.21. The van der Waals surface area contributed by atoms with Crippen LogP contribution in [0.1, 0.15) is 46.5 Å². The average Bonchev–Trinajstić information content (AvgIpc) is 3.51. The molecule has 1 saturated heterocycles. The molecule has 0 spiro atoms. The van der Waals surface area contributed by atoms with Crippen molar-refractivity contribution in [2.24, 2.45) is 4.99 Å². The number of nitrogens with zero attached hydrogens (tertiary/aromatic N) is 5. The Morgan fingerprint density at radius 2 is 1.78 bits per heavy atom. The minimum absolute atomic E-state index is 0.0355. The van der Waals surface area contributed by atoms with Crippen LogP contribution >= 0.6 is 0 Å². The Morgan fingerprint density at radius 1 is 1.03 bits per heavy atom. The van der Waals surface area contributed by atoms with Gasteiger partial charge in [0.05, 0.1) is 5.69 Å². The molecule has 188 valence electrons. The molecule has 3 aromatic rings. The quantitative estimate of drug-likeness (QED) is 0.556. The van der Waals surface area contributed by atoms with E-state index in [1.165, 1.54) is 36.4 Å². The Hall–Kier alpha value is -4.34. The molecule has 2 unspecified atom stereocenters. The van der Waals surface area contributed by atoms with Crippen LogP contribution in [0.2, 0.25) is 0 Å². The smallest absolute Gasteiger partial charge is 0.298 e. The maximum Gasteiger partial charge on any atom is 0.298 e. The number of halogens is 2. The van der Waals surface area contributed by atoms with Crippen molar-refractivity contribution in [1.29, 1.82) is 0 Å². The van der Waals surface area contributed by atoms with Crippen molar-refractivity contribution in [3.63, 3.8) is 0 Å². The molecule has 10 heteroatoms. The number of nitrogens with one attached hydrogen (secondary N) is 1. The van der Waals surface area contributed by atoms with E-state index in [4.69, 9.17) is 14.7 Å². The summed E-state index contributed by atoms with van der Waals surface area (Å²) in [7, 11) is 0. The van der Waals surface area contributed by atoms with Crippen LogP contribution in [-0.2, 0) is 4.74 Å². The van der Waals surface area contributed by atoms with E-state index < -0.39 is 0 Å². The van der Waals surface area contributed by atoms with Crippen LogP contribution in [0, 0.1) is 11.6 Å². The number of amides is 1. The highest BCUT2D eigenvalue weighted by Gasteiger charge is 2.41. The number of carbonyl (C=O) groups excluding carboxylic acids is 1. The average molecular weight is 503 g/mol. The van der Waals surface area contributed by atoms with Gasteiger partial charge >= 0.3 is 0 Å². The van der Waals surface area contributed by atoms with Gasteiger partial charge in [-0.2, -0.15) is 0 Å². The lowest BCUT2D eigenvalue weighted by molar-refractivity contribution is 0.0714. The summed E-state index contributed by atoms with van der Waals surface area (Å²) in [5.41, 5.74) is 2.04. The molecule has 0 bridgehead atoms. The maximum atomic E-state index is 13.5. The SMILES string of the molecule is O=C(c1ccc(F)cc1)N1CCC[C@@H](Nc2nccc(C3C(c4ccc(F)cc4)N=C4OC=CN43)n2)C1. The lowest BCUT2D eigenvalue weighted by Gasteiger charge is -2.33. The first kappa shape index (κ1) is 23.1. The normalized spacial score (nSPS) is 22.4. The summed E-state index contributed by atoms with van der Waals surface area (Å²) in [4.78, 5) is 30.5. The Balaban J connectivity index is 1.20. The summed E-state index contributed by atoms with van der Waals surface area (Å²) in [5, 5.41) is 3.38. The van der Waals surface area contributed by atoms with Crippen LogP contribution in [0.3, 0.4) is 0 Å². The van der Waals surface area contributed by atoms with E-state index >= 15 is 0 Å². The highest BCUT2D eigenvalue weighted by atomic mass is 19.1. The van der Waals surface area contributed by atoms with Crippen molar-refractivity contribution >= 4 is 17.9 Å². The van der Waals surface area contributed by atoms with Crippen molar-refractivity contribution in [3.8, 4) is 0 Å². The van der Waals surface area contributed by atoms with Gasteiger partial charge in [0.1, 0.15) is 30.0 Å². The zero-order chi connectivity index (χ0) is 25.4. The number of likely N-dealkylation sites (tertiary alicyclic amines) is 1. The number of aromatic nitrogens is 2. The molecule has 3 atom stereocenters. The Labute approximate surface area is 212 Å². The van der Waals surface area contributed by atoms with Crippen molar-refractivity contribution in [3.05, 3.63) is 102 Å². The highest BCUT2D eigenvalue weighted by Crippen LogP contribution is 2.43. The fourth-order valence-electron chi connectivity index (χ4n) is 5.00. The van der Waals surface area contributed by atoms with Gasteiger partial charge in [0, 0.05) is 37.1 Å². The molecule has 1 fully saturated rings. The van der Waals surface area contributed by atoms with Crippen LogP contribution in [0.4, 0.5) is 14.7 Å². The Bertz CT molecular complexity index is 1360. The van der Waals surface area contributed by atoms with Crippen LogP contribution in [-0.4, -0.2) is 50.8 Å². The number of piperidine rings is 1. The van der Waals surface area contributed by atoms with Crippen molar-refractivity contribution in [2.45, 2.75) is 31.0 Å². The molecule has 4 heterocycles. The van der Waals surface area contributed by atoms with E-state index in [0.717, 1.165) is 24.1 Å². The molecule has 3 aliphatic rings. The van der Waals surface area contributed by atoms with Gasteiger partial charge in [-0.15, -0.1) is 0 Å². The fourth-order valence-corrected chi connectivity index (χ4v) is 5.00. The standard InChI is InChI=1S/C27H24F2N6O2/c28-19-7-3-17(4-8-19)23-24(35-14-15-37-27(35)33-23)22-11-12-30-26(32-22)31-21-2-1-13-34(16-21)25(36)18-5-9-20(29)10-6-18/h3-12,14-15,21,23-24H,1-2,13,16H2,(H,30,31,32)/t21-,23?,24?/m1/s1. The van der Waals surface area contributed by atoms with E-state index in [2.05, 4.69) is 10.3 Å². The van der Waals surface area contributed by atoms with E-state index in [9.17, 15) is 13.6 Å². The molecule has 2 aromatic carbocycles. The number of hydrogen-bond acceptors (Lipinski definition) is 7. The maximum absolute atomic E-state index is 13.5. The van der Waals surface area contributed by atoms with Crippen molar-refractivity contribution < 1.29 is 18.3 Å². The van der Waals surface area contributed by atoms with Gasteiger partial charge in [0.15, 0.2) is 0 Å². The van der Waals surface area contributed by atoms with Crippen molar-refractivity contribution in [1.82, 2.24) is 19.8 Å². The summed E-state index contributed by atoms with van der Waals surface area (Å²) in [6, 6.07) is 13.5. The number of carbonyl (C=O) groups is 1. The number of hydrogen-bond donors (Lipinski definition) is 1. The number of ether oxygens (including phenoxy) is 1. The third-order valence-corrected chi connectivity index (χ3v) is 6.79. The number of anilines is 1. The van der Waals surface area contributed by atoms with E-state index in [1.54, 1.807) is 29.5 Å². The first-order valence-corrected chi connectivity index (χ1v) is 12.1. The van der Waals surface area contributed by atoms with Gasteiger partial charge in [-0.05, 0) is 60.9 Å². The molecule has 1 amide bonds. The number of amidine groups is 1. The predicted octanol–water partition coefficient (Wildman–Crippen LogP) is 4.43. The first-order valence-electron chi connectivity index (χ1n) is 12.1. The minimum atomic E-state index is -0.371. The minimum Gasteiger partial charge on any atom is -0.432 e. The topological polar surface area (TPSA) is 83.0 Å². The van der Waals surface area contributed by atoms with Crippen LogP contribution in [0.25, 0.3) is 0 Å². The largest absolute Gasteiger partial charge is 0.432 e. The molecule has 0 radical (unpaired) electrons. The lowest BCUT2D eigenvalue weighted by atomic mass is 9.97. The molecule has 3 aliphatic heterocycles. The number of rotatable bonds is 5. The van der Waals surface area contributed by atoms with Gasteiger partial charge in [0.25, 0.3) is 11.9 Å². The van der Waals surface area contributed by atoms with Gasteiger partial charge in [-0.1, -0.05) is 12.1 Å². The predicted molar refractivity (Wildman–Crippen MR) is 132 cm³/mol. The van der Waals surface area contributed by atoms with Gasteiger partial charge in [-0.3, -0.25) is 9.69 Å². The van der Waals surface area contributed by atoms with E-state index in [0.29, 0.717) is 30.6 Å². The first-order chi connectivity index (χ1) is 18.0. The second-order valence-electron chi connectivity index (χ2n) is 9.21. The monoisotopic (exact) mass is 502 g/mol. The molecule has 0 aliphatic carbocycles. The Kier molecular flexibility index (Phi) is 5.99. The highest BCUT2D eigenvalue weighted by molar-refractivity contribution is 5.94. The van der Waals surface area contributed by atoms with E-state index in [1.807, 2.05) is 17.2 Å². The summed E-state index contributed by atoms with van der Waals surface area (Å²) in [6.45, 7) is 1.12. The lowest BCUT2D eigenvalue weighted by Crippen LogP contribution is -2.45. The molecule has 8 nitrogen and oxygen atoms in total. The Morgan fingerprint density at radius 3 is 2.57 bits per heavy atom. The molecular weight excluding hydrogens is 478 g/mol. The zero-order valence-electron chi connectivity index (χ0n) is 19.8. The zero-order valence-corrected chi connectivity index (χ0v) is 19.8. The van der Waals surface area contributed by atoms with E-state index in [-0.39, 0.29) is 35.7 Å². The van der Waals surface area contributed by atoms with Crippen molar-refractivity contribution in [2.75, 3.05) is 18.4 Å².